The first-order valence-electron chi connectivity index (χ1n) is 6.49. The highest BCUT2D eigenvalue weighted by Gasteiger charge is 2.76. The molecule has 1 aliphatic rings. The Labute approximate surface area is 112 Å². The van der Waals surface area contributed by atoms with Crippen molar-refractivity contribution in [2.24, 2.45) is 5.92 Å². The molecule has 2 unspecified atom stereocenters. The fourth-order valence-corrected chi connectivity index (χ4v) is 2.96. The summed E-state index contributed by atoms with van der Waals surface area (Å²) in [5, 5.41) is 0. The van der Waals surface area contributed by atoms with Gasteiger partial charge in [-0.15, -0.1) is 0 Å². The molecule has 2 rings (SSSR count). The molecule has 104 valence electrons. The van der Waals surface area contributed by atoms with Gasteiger partial charge < -0.3 is 9.47 Å². The predicted octanol–water partition coefficient (Wildman–Crippen LogP) is 3.03. The van der Waals surface area contributed by atoms with Crippen molar-refractivity contribution in [2.75, 3.05) is 7.11 Å². The molecule has 2 atom stereocenters. The molecule has 1 heterocycles. The Morgan fingerprint density at radius 3 is 2.37 bits per heavy atom. The summed E-state index contributed by atoms with van der Waals surface area (Å²) in [7, 11) is 1.36. The molecule has 4 heteroatoms. The fourth-order valence-electron chi connectivity index (χ4n) is 2.96. The third-order valence-electron chi connectivity index (χ3n) is 4.00. The van der Waals surface area contributed by atoms with Gasteiger partial charge in [0.25, 0.3) is 0 Å². The van der Waals surface area contributed by atoms with E-state index in [-0.39, 0.29) is 17.7 Å². The lowest BCUT2D eigenvalue weighted by Gasteiger charge is -2.20. The topological polar surface area (TPSA) is 38.8 Å². The largest absolute Gasteiger partial charge is 0.467 e. The molecule has 1 aromatic rings. The van der Waals surface area contributed by atoms with Crippen molar-refractivity contribution in [1.29, 1.82) is 0 Å². The number of rotatable bonds is 4. The summed E-state index contributed by atoms with van der Waals surface area (Å²) < 4.78 is 23.8. The zero-order chi connectivity index (χ0) is 14.3. The average molecular weight is 266 g/mol. The van der Waals surface area contributed by atoms with E-state index in [4.69, 9.17) is 9.47 Å². The van der Waals surface area contributed by atoms with Crippen molar-refractivity contribution in [1.82, 2.24) is 0 Å². The molecule has 1 fully saturated rings. The second-order valence-electron chi connectivity index (χ2n) is 5.17. The van der Waals surface area contributed by atoms with Gasteiger partial charge in [0.2, 0.25) is 5.60 Å². The second kappa shape index (κ2) is 4.60. The molecule has 1 saturated heterocycles. The van der Waals surface area contributed by atoms with Gasteiger partial charge in [0, 0.05) is 0 Å². The van der Waals surface area contributed by atoms with Crippen LogP contribution in [0.1, 0.15) is 32.8 Å². The van der Waals surface area contributed by atoms with Crippen LogP contribution in [-0.2, 0) is 19.9 Å². The first kappa shape index (κ1) is 14.0. The van der Waals surface area contributed by atoms with Crippen LogP contribution in [0.3, 0.4) is 0 Å². The molecule has 0 bridgehead atoms. The van der Waals surface area contributed by atoms with E-state index >= 15 is 0 Å². The molecule has 0 radical (unpaired) electrons. The number of carbonyl (C=O) groups is 1. The van der Waals surface area contributed by atoms with E-state index in [9.17, 15) is 9.18 Å². The summed E-state index contributed by atoms with van der Waals surface area (Å²) >= 11 is 0. The number of ether oxygens (including phenoxy) is 2. The normalized spacial score (nSPS) is 29.4. The van der Waals surface area contributed by atoms with Crippen LogP contribution >= 0.6 is 0 Å². The van der Waals surface area contributed by atoms with Gasteiger partial charge in [0.1, 0.15) is 11.4 Å². The smallest absolute Gasteiger partial charge is 0.341 e. The van der Waals surface area contributed by atoms with Crippen molar-refractivity contribution in [3.8, 4) is 0 Å². The van der Waals surface area contributed by atoms with Crippen molar-refractivity contribution in [2.45, 2.75) is 38.4 Å². The lowest BCUT2D eigenvalue weighted by atomic mass is 9.78. The van der Waals surface area contributed by atoms with Crippen LogP contribution in [0.5, 0.6) is 0 Å². The molecule has 0 aromatic heterocycles. The highest BCUT2D eigenvalue weighted by molar-refractivity contribution is 5.85. The third kappa shape index (κ3) is 1.77. The fraction of sp³-hybridized carbons (Fsp3) is 0.533. The van der Waals surface area contributed by atoms with Crippen LogP contribution in [0.25, 0.3) is 0 Å². The first-order valence-corrected chi connectivity index (χ1v) is 6.49. The highest BCUT2D eigenvalue weighted by atomic mass is 19.1. The SMILES string of the molecule is CCC1(c2ccc(F)cc2)OC1(C(=O)OC)C(C)C. The van der Waals surface area contributed by atoms with E-state index in [2.05, 4.69) is 0 Å². The highest BCUT2D eigenvalue weighted by Crippen LogP contribution is 2.62. The Balaban J connectivity index is 2.46. The van der Waals surface area contributed by atoms with Crippen molar-refractivity contribution < 1.29 is 18.7 Å². The van der Waals surface area contributed by atoms with Gasteiger partial charge in [-0.1, -0.05) is 32.9 Å². The summed E-state index contributed by atoms with van der Waals surface area (Å²) in [6.07, 6.45) is 0.631. The number of methoxy groups -OCH3 is 1. The molecule has 19 heavy (non-hydrogen) atoms. The minimum Gasteiger partial charge on any atom is -0.467 e. The van der Waals surface area contributed by atoms with Gasteiger partial charge in [0.05, 0.1) is 7.11 Å². The average Bonchev–Trinajstić information content (AvgIpc) is 3.10. The summed E-state index contributed by atoms with van der Waals surface area (Å²) in [6.45, 7) is 5.81. The molecule has 0 aliphatic carbocycles. The molecule has 1 aliphatic heterocycles. The zero-order valence-electron chi connectivity index (χ0n) is 11.7. The van der Waals surface area contributed by atoms with E-state index in [1.165, 1.54) is 19.2 Å². The molecule has 0 amide bonds. The van der Waals surface area contributed by atoms with Gasteiger partial charge in [-0.25, -0.2) is 9.18 Å². The Morgan fingerprint density at radius 2 is 1.95 bits per heavy atom. The third-order valence-corrected chi connectivity index (χ3v) is 4.00. The Hall–Kier alpha value is -1.42. The number of carbonyl (C=O) groups excluding carboxylic acids is 1. The molecular formula is C15H19FO3. The summed E-state index contributed by atoms with van der Waals surface area (Å²) in [6, 6.07) is 6.12. The zero-order valence-corrected chi connectivity index (χ0v) is 11.7. The molecule has 3 nitrogen and oxygen atoms in total. The van der Waals surface area contributed by atoms with Gasteiger partial charge in [-0.05, 0) is 30.0 Å². The molecular weight excluding hydrogens is 247 g/mol. The van der Waals surface area contributed by atoms with Crippen molar-refractivity contribution in [3.63, 3.8) is 0 Å². The number of epoxide rings is 1. The van der Waals surface area contributed by atoms with Crippen LogP contribution in [0.4, 0.5) is 4.39 Å². The van der Waals surface area contributed by atoms with E-state index in [1.807, 2.05) is 20.8 Å². The van der Waals surface area contributed by atoms with Gasteiger partial charge in [0.15, 0.2) is 0 Å². The van der Waals surface area contributed by atoms with Crippen LogP contribution in [0.2, 0.25) is 0 Å². The number of benzene rings is 1. The minimum atomic E-state index is -0.964. The van der Waals surface area contributed by atoms with Crippen LogP contribution < -0.4 is 0 Å². The van der Waals surface area contributed by atoms with Gasteiger partial charge in [-0.2, -0.15) is 0 Å². The Bertz CT molecular complexity index is 483. The van der Waals surface area contributed by atoms with E-state index < -0.39 is 11.2 Å². The lowest BCUT2D eigenvalue weighted by molar-refractivity contribution is -0.148. The molecule has 0 spiro atoms. The first-order chi connectivity index (χ1) is 8.94. The number of hydrogen-bond acceptors (Lipinski definition) is 3. The monoisotopic (exact) mass is 266 g/mol. The number of halogens is 1. The Morgan fingerprint density at radius 1 is 1.37 bits per heavy atom. The van der Waals surface area contributed by atoms with Crippen molar-refractivity contribution >= 4 is 5.97 Å². The minimum absolute atomic E-state index is 0.0232. The summed E-state index contributed by atoms with van der Waals surface area (Å²) in [5.41, 5.74) is -0.855. The van der Waals surface area contributed by atoms with Crippen LogP contribution in [-0.4, -0.2) is 18.7 Å². The van der Waals surface area contributed by atoms with E-state index in [0.717, 1.165) is 5.56 Å². The summed E-state index contributed by atoms with van der Waals surface area (Å²) in [5.74, 6) is -0.692. The maximum atomic E-state index is 13.0. The van der Waals surface area contributed by atoms with Crippen molar-refractivity contribution in [3.05, 3.63) is 35.6 Å². The lowest BCUT2D eigenvalue weighted by Crippen LogP contribution is -2.38. The van der Waals surface area contributed by atoms with E-state index in [1.54, 1.807) is 12.1 Å². The quantitative estimate of drug-likeness (QED) is 0.621. The number of esters is 1. The maximum absolute atomic E-state index is 13.0. The van der Waals surface area contributed by atoms with Gasteiger partial charge >= 0.3 is 5.97 Å². The van der Waals surface area contributed by atoms with Crippen LogP contribution in [0.15, 0.2) is 24.3 Å². The molecule has 0 N–H and O–H groups in total. The summed E-state index contributed by atoms with van der Waals surface area (Å²) in [4.78, 5) is 12.1. The van der Waals surface area contributed by atoms with Gasteiger partial charge in [-0.3, -0.25) is 0 Å². The maximum Gasteiger partial charge on any atom is 0.341 e. The second-order valence-corrected chi connectivity index (χ2v) is 5.17. The van der Waals surface area contributed by atoms with Crippen LogP contribution in [0, 0.1) is 11.7 Å². The predicted molar refractivity (Wildman–Crippen MR) is 69.0 cm³/mol. The van der Waals surface area contributed by atoms with E-state index in [0.29, 0.717) is 6.42 Å². The Kier molecular flexibility index (Phi) is 3.39. The number of hydrogen-bond donors (Lipinski definition) is 0. The molecule has 0 saturated carbocycles. The molecule has 1 aromatic carbocycles. The standard InChI is InChI=1S/C15H19FO3/c1-5-14(11-6-8-12(16)9-7-11)15(19-14,10(2)3)13(17)18-4/h6-10H,5H2,1-4H3.